The number of hydrogen-bond donors (Lipinski definition) is 1. The van der Waals surface area contributed by atoms with Crippen LogP contribution in [0.4, 0.5) is 0 Å². The molecule has 0 saturated carbocycles. The maximum atomic E-state index is 10.8. The lowest BCUT2D eigenvalue weighted by atomic mass is 9.93. The van der Waals surface area contributed by atoms with E-state index in [0.717, 1.165) is 0 Å². The molecule has 11 heavy (non-hydrogen) atoms. The van der Waals surface area contributed by atoms with Crippen molar-refractivity contribution in [2.45, 2.75) is 34.1 Å². The van der Waals surface area contributed by atoms with E-state index in [2.05, 4.69) is 0 Å². The highest BCUT2D eigenvalue weighted by molar-refractivity contribution is 5.89. The molecule has 0 amide bonds. The van der Waals surface area contributed by atoms with Gasteiger partial charge in [-0.3, -0.25) is 4.79 Å². The molecule has 0 bridgehead atoms. The number of ketones is 1. The summed E-state index contributed by atoms with van der Waals surface area (Å²) in [6, 6.07) is 0. The summed E-state index contributed by atoms with van der Waals surface area (Å²) in [5.41, 5.74) is -0.315. The number of carbonyl (C=O) groups excluding carboxylic acids is 1. The average Bonchev–Trinajstić information content (AvgIpc) is 1.85. The number of allylic oxidation sites excluding steroid dienone is 2. The molecule has 0 unspecified atom stereocenters. The Morgan fingerprint density at radius 2 is 1.91 bits per heavy atom. The molecule has 0 aromatic carbocycles. The first-order valence-electron chi connectivity index (χ1n) is 3.82. The van der Waals surface area contributed by atoms with Gasteiger partial charge in [-0.2, -0.15) is 0 Å². The zero-order valence-electron chi connectivity index (χ0n) is 7.64. The van der Waals surface area contributed by atoms with Gasteiger partial charge >= 0.3 is 0 Å². The molecule has 0 rings (SSSR count). The number of hydrogen-bond acceptors (Lipinski definition) is 2. The van der Waals surface area contributed by atoms with Crippen LogP contribution < -0.4 is 0 Å². The molecule has 2 nitrogen and oxygen atoms in total. The Bertz CT molecular complexity index is 172. The van der Waals surface area contributed by atoms with Crippen LogP contribution in [0.5, 0.6) is 0 Å². The Morgan fingerprint density at radius 3 is 2.18 bits per heavy atom. The molecule has 0 heterocycles. The van der Waals surface area contributed by atoms with Gasteiger partial charge in [0.2, 0.25) is 0 Å². The van der Waals surface area contributed by atoms with Crippen LogP contribution in [0.15, 0.2) is 11.8 Å². The van der Waals surface area contributed by atoms with Gasteiger partial charge in [0.05, 0.1) is 0 Å². The molecular formula is C9H16O2. The van der Waals surface area contributed by atoms with Crippen molar-refractivity contribution in [3.05, 3.63) is 11.8 Å². The Kier molecular flexibility index (Phi) is 3.30. The van der Waals surface area contributed by atoms with E-state index in [0.29, 0.717) is 6.42 Å². The topological polar surface area (TPSA) is 37.3 Å². The lowest BCUT2D eigenvalue weighted by molar-refractivity contribution is -0.114. The molecule has 0 aromatic heterocycles. The van der Waals surface area contributed by atoms with Gasteiger partial charge < -0.3 is 5.11 Å². The molecule has 0 atom stereocenters. The monoisotopic (exact) mass is 156 g/mol. The minimum atomic E-state index is -0.315. The first-order chi connectivity index (χ1) is 4.88. The van der Waals surface area contributed by atoms with E-state index in [-0.39, 0.29) is 17.0 Å². The third kappa shape index (κ3) is 3.81. The van der Waals surface area contributed by atoms with Crippen molar-refractivity contribution in [1.82, 2.24) is 0 Å². The van der Waals surface area contributed by atoms with Crippen molar-refractivity contribution in [3.63, 3.8) is 0 Å². The van der Waals surface area contributed by atoms with Crippen molar-refractivity contribution in [1.29, 1.82) is 0 Å². The molecule has 0 aliphatic rings. The molecular weight excluding hydrogens is 140 g/mol. The van der Waals surface area contributed by atoms with Crippen molar-refractivity contribution >= 4 is 5.78 Å². The molecule has 0 aromatic rings. The van der Waals surface area contributed by atoms with Gasteiger partial charge in [0, 0.05) is 17.9 Å². The summed E-state index contributed by atoms with van der Waals surface area (Å²) in [7, 11) is 0. The van der Waals surface area contributed by atoms with Crippen LogP contribution >= 0.6 is 0 Å². The lowest BCUT2D eigenvalue weighted by Crippen LogP contribution is -2.10. The molecule has 0 fully saturated rings. The van der Waals surface area contributed by atoms with Crippen molar-refractivity contribution < 1.29 is 9.90 Å². The van der Waals surface area contributed by atoms with E-state index < -0.39 is 0 Å². The number of aliphatic hydroxyl groups is 1. The average molecular weight is 156 g/mol. The highest BCUT2D eigenvalue weighted by Crippen LogP contribution is 2.22. The fraction of sp³-hybridized carbons (Fsp3) is 0.667. The number of aliphatic hydroxyl groups excluding tert-OH is 1. The van der Waals surface area contributed by atoms with Crippen LogP contribution in [0.2, 0.25) is 0 Å². The predicted octanol–water partition coefficient (Wildman–Crippen LogP) is 2.45. The van der Waals surface area contributed by atoms with Crippen LogP contribution in [-0.4, -0.2) is 10.9 Å². The van der Waals surface area contributed by atoms with Crippen LogP contribution in [0.3, 0.4) is 0 Å². The minimum Gasteiger partial charge on any atom is -0.512 e. The van der Waals surface area contributed by atoms with Gasteiger partial charge in [0.25, 0.3) is 0 Å². The summed E-state index contributed by atoms with van der Waals surface area (Å²) in [6.45, 7) is 7.36. The molecule has 2 heteroatoms. The largest absolute Gasteiger partial charge is 0.512 e. The van der Waals surface area contributed by atoms with Crippen molar-refractivity contribution in [2.75, 3.05) is 0 Å². The summed E-state index contributed by atoms with van der Waals surface area (Å²) >= 11 is 0. The highest BCUT2D eigenvalue weighted by atomic mass is 16.3. The summed E-state index contributed by atoms with van der Waals surface area (Å²) in [5.74, 6) is 0.127. The summed E-state index contributed by atoms with van der Waals surface area (Å²) in [4.78, 5) is 10.8. The Hall–Kier alpha value is -0.790. The SMILES string of the molecule is CCC(=O)C=C(O)C(C)(C)C. The van der Waals surface area contributed by atoms with E-state index in [9.17, 15) is 9.90 Å². The zero-order valence-corrected chi connectivity index (χ0v) is 7.64. The Labute approximate surface area is 67.9 Å². The van der Waals surface area contributed by atoms with Gasteiger partial charge in [-0.25, -0.2) is 0 Å². The quantitative estimate of drug-likeness (QED) is 0.492. The van der Waals surface area contributed by atoms with E-state index in [1.807, 2.05) is 20.8 Å². The third-order valence-corrected chi connectivity index (χ3v) is 1.41. The summed E-state index contributed by atoms with van der Waals surface area (Å²) in [6.07, 6.45) is 1.75. The van der Waals surface area contributed by atoms with Gasteiger partial charge in [-0.15, -0.1) is 0 Å². The number of carbonyl (C=O) groups is 1. The summed E-state index contributed by atoms with van der Waals surface area (Å²) in [5, 5.41) is 9.33. The molecule has 0 aliphatic heterocycles. The van der Waals surface area contributed by atoms with Crippen molar-refractivity contribution in [3.8, 4) is 0 Å². The highest BCUT2D eigenvalue weighted by Gasteiger charge is 2.16. The number of rotatable bonds is 2. The maximum Gasteiger partial charge on any atom is 0.158 e. The van der Waals surface area contributed by atoms with Gasteiger partial charge in [-0.05, 0) is 0 Å². The molecule has 1 N–H and O–H groups in total. The van der Waals surface area contributed by atoms with E-state index in [4.69, 9.17) is 0 Å². The van der Waals surface area contributed by atoms with E-state index >= 15 is 0 Å². The van der Waals surface area contributed by atoms with E-state index in [1.165, 1.54) is 6.08 Å². The van der Waals surface area contributed by atoms with E-state index in [1.54, 1.807) is 6.92 Å². The zero-order chi connectivity index (χ0) is 9.07. The van der Waals surface area contributed by atoms with Gasteiger partial charge in [0.15, 0.2) is 5.78 Å². The molecule has 0 spiro atoms. The second-order valence-electron chi connectivity index (χ2n) is 3.60. The molecule has 64 valence electrons. The Morgan fingerprint density at radius 1 is 1.45 bits per heavy atom. The normalized spacial score (nSPS) is 13.3. The van der Waals surface area contributed by atoms with Crippen LogP contribution in [-0.2, 0) is 4.79 Å². The lowest BCUT2D eigenvalue weighted by Gasteiger charge is -2.16. The predicted molar refractivity (Wildman–Crippen MR) is 45.5 cm³/mol. The van der Waals surface area contributed by atoms with Crippen molar-refractivity contribution in [2.24, 2.45) is 5.41 Å². The smallest absolute Gasteiger partial charge is 0.158 e. The standard InChI is InChI=1S/C9H16O2/c1-5-7(10)6-8(11)9(2,3)4/h6,11H,5H2,1-4H3. The van der Waals surface area contributed by atoms with Crippen LogP contribution in [0, 0.1) is 5.41 Å². The first-order valence-corrected chi connectivity index (χ1v) is 3.82. The molecule has 0 radical (unpaired) electrons. The fourth-order valence-corrected chi connectivity index (χ4v) is 0.471. The van der Waals surface area contributed by atoms with Crippen LogP contribution in [0.1, 0.15) is 34.1 Å². The Balaban J connectivity index is 4.35. The van der Waals surface area contributed by atoms with Gasteiger partial charge in [-0.1, -0.05) is 27.7 Å². The third-order valence-electron chi connectivity index (χ3n) is 1.41. The molecule has 0 aliphatic carbocycles. The second-order valence-corrected chi connectivity index (χ2v) is 3.60. The molecule has 0 saturated heterocycles. The maximum absolute atomic E-state index is 10.8. The first kappa shape index (κ1) is 10.2. The summed E-state index contributed by atoms with van der Waals surface area (Å²) < 4.78 is 0. The van der Waals surface area contributed by atoms with Gasteiger partial charge in [0.1, 0.15) is 5.76 Å². The second kappa shape index (κ2) is 3.56. The minimum absolute atomic E-state index is 0.0302. The van der Waals surface area contributed by atoms with Crippen LogP contribution in [0.25, 0.3) is 0 Å². The fourth-order valence-electron chi connectivity index (χ4n) is 0.471.